The summed E-state index contributed by atoms with van der Waals surface area (Å²) < 4.78 is 0. The smallest absolute Gasteiger partial charge is 0.321 e. The molecule has 2 N–H and O–H groups in total. The lowest BCUT2D eigenvalue weighted by molar-refractivity contribution is -0.141. The minimum Gasteiger partial charge on any atom is -0.481 e. The maximum absolute atomic E-state index is 11.9. The third-order valence-corrected chi connectivity index (χ3v) is 2.97. The number of rotatable bonds is 5. The summed E-state index contributed by atoms with van der Waals surface area (Å²) in [6.07, 6.45) is 0.419. The molecular weight excluding hydrogens is 244 g/mol. The molecule has 0 saturated carbocycles. The van der Waals surface area contributed by atoms with Crippen molar-refractivity contribution in [1.29, 1.82) is 0 Å². The fraction of sp³-hybridized carbons (Fsp3) is 0.429. The van der Waals surface area contributed by atoms with Crippen LogP contribution in [0.4, 0.5) is 10.5 Å². The van der Waals surface area contributed by atoms with Crippen LogP contribution in [0, 0.1) is 12.8 Å². The molecule has 1 rings (SSSR count). The zero-order chi connectivity index (χ0) is 14.4. The number of carboxylic acid groups (broad SMARTS) is 1. The number of nitrogens with one attached hydrogen (secondary N) is 1. The number of hydrogen-bond donors (Lipinski definition) is 2. The standard InChI is InChI=1S/C14H20N2O3/c1-10-5-4-6-12(9-10)16(3)14(19)15-8-7-11(2)13(17)18/h4-6,9,11H,7-8H2,1-3H3,(H,15,19)(H,17,18). The van der Waals surface area contributed by atoms with Crippen molar-refractivity contribution in [2.24, 2.45) is 5.92 Å². The minimum atomic E-state index is -0.846. The largest absolute Gasteiger partial charge is 0.481 e. The molecule has 0 aromatic heterocycles. The average Bonchev–Trinajstić information content (AvgIpc) is 2.37. The van der Waals surface area contributed by atoms with Crippen molar-refractivity contribution >= 4 is 17.7 Å². The van der Waals surface area contributed by atoms with Crippen LogP contribution in [-0.2, 0) is 4.79 Å². The van der Waals surface area contributed by atoms with Gasteiger partial charge in [0.25, 0.3) is 0 Å². The van der Waals surface area contributed by atoms with E-state index in [0.717, 1.165) is 11.3 Å². The van der Waals surface area contributed by atoms with Gasteiger partial charge in [-0.2, -0.15) is 0 Å². The number of carboxylic acids is 1. The van der Waals surface area contributed by atoms with E-state index in [9.17, 15) is 9.59 Å². The fourth-order valence-corrected chi connectivity index (χ4v) is 1.59. The van der Waals surface area contributed by atoms with Gasteiger partial charge >= 0.3 is 12.0 Å². The topological polar surface area (TPSA) is 69.6 Å². The Morgan fingerprint density at radius 3 is 2.68 bits per heavy atom. The molecule has 1 unspecified atom stereocenters. The van der Waals surface area contributed by atoms with E-state index in [1.165, 1.54) is 4.90 Å². The lowest BCUT2D eigenvalue weighted by atomic mass is 10.1. The minimum absolute atomic E-state index is 0.233. The highest BCUT2D eigenvalue weighted by molar-refractivity contribution is 5.91. The number of anilines is 1. The zero-order valence-electron chi connectivity index (χ0n) is 11.5. The Kier molecular flexibility index (Phi) is 5.36. The van der Waals surface area contributed by atoms with Gasteiger partial charge in [0.2, 0.25) is 0 Å². The van der Waals surface area contributed by atoms with E-state index in [2.05, 4.69) is 5.32 Å². The van der Waals surface area contributed by atoms with Gasteiger partial charge in [0.05, 0.1) is 5.92 Å². The molecule has 0 spiro atoms. The van der Waals surface area contributed by atoms with E-state index < -0.39 is 11.9 Å². The number of benzene rings is 1. The van der Waals surface area contributed by atoms with Gasteiger partial charge in [-0.3, -0.25) is 9.69 Å². The summed E-state index contributed by atoms with van der Waals surface area (Å²) in [5.74, 6) is -1.30. The summed E-state index contributed by atoms with van der Waals surface area (Å²) in [4.78, 5) is 24.0. The van der Waals surface area contributed by atoms with Gasteiger partial charge < -0.3 is 10.4 Å². The lowest BCUT2D eigenvalue weighted by Crippen LogP contribution is -2.38. The molecule has 0 aliphatic heterocycles. The quantitative estimate of drug-likeness (QED) is 0.857. The van der Waals surface area contributed by atoms with Crippen LogP contribution in [0.1, 0.15) is 18.9 Å². The highest BCUT2D eigenvalue weighted by Gasteiger charge is 2.13. The molecule has 0 aliphatic carbocycles. The van der Waals surface area contributed by atoms with Gasteiger partial charge in [-0.05, 0) is 31.0 Å². The van der Waals surface area contributed by atoms with Crippen molar-refractivity contribution in [2.75, 3.05) is 18.5 Å². The number of aryl methyl sites for hydroxylation is 1. The number of hydrogen-bond acceptors (Lipinski definition) is 2. The van der Waals surface area contributed by atoms with Crippen LogP contribution in [0.2, 0.25) is 0 Å². The first-order chi connectivity index (χ1) is 8.91. The van der Waals surface area contributed by atoms with E-state index in [1.54, 1.807) is 14.0 Å². The molecule has 1 aromatic rings. The molecule has 1 aromatic carbocycles. The summed E-state index contributed by atoms with van der Waals surface area (Å²) in [6.45, 7) is 3.94. The van der Waals surface area contributed by atoms with Crippen LogP contribution in [0.25, 0.3) is 0 Å². The van der Waals surface area contributed by atoms with Gasteiger partial charge in [-0.15, -0.1) is 0 Å². The first kappa shape index (κ1) is 15.0. The Morgan fingerprint density at radius 1 is 1.42 bits per heavy atom. The predicted octanol–water partition coefficient (Wildman–Crippen LogP) is 2.25. The molecular formula is C14H20N2O3. The average molecular weight is 264 g/mol. The van der Waals surface area contributed by atoms with Crippen molar-refractivity contribution in [3.05, 3.63) is 29.8 Å². The molecule has 0 bridgehead atoms. The van der Waals surface area contributed by atoms with E-state index in [-0.39, 0.29) is 6.03 Å². The Labute approximate surface area is 113 Å². The van der Waals surface area contributed by atoms with Crippen LogP contribution < -0.4 is 10.2 Å². The summed E-state index contributed by atoms with van der Waals surface area (Å²) in [5.41, 5.74) is 1.89. The normalized spacial score (nSPS) is 11.7. The molecule has 5 heteroatoms. The molecule has 1 atom stereocenters. The third kappa shape index (κ3) is 4.62. The van der Waals surface area contributed by atoms with Gasteiger partial charge in [0.15, 0.2) is 0 Å². The van der Waals surface area contributed by atoms with E-state index in [0.29, 0.717) is 13.0 Å². The van der Waals surface area contributed by atoms with Gasteiger partial charge in [-0.25, -0.2) is 4.79 Å². The highest BCUT2D eigenvalue weighted by Crippen LogP contribution is 2.14. The number of nitrogens with zero attached hydrogens (tertiary/aromatic N) is 1. The molecule has 0 fully saturated rings. The first-order valence-electron chi connectivity index (χ1n) is 6.23. The van der Waals surface area contributed by atoms with E-state index in [1.807, 2.05) is 31.2 Å². The van der Waals surface area contributed by atoms with Crippen molar-refractivity contribution in [3.63, 3.8) is 0 Å². The third-order valence-electron chi connectivity index (χ3n) is 2.97. The molecule has 5 nitrogen and oxygen atoms in total. The summed E-state index contributed by atoms with van der Waals surface area (Å²) in [5, 5.41) is 11.5. The Bertz CT molecular complexity index is 460. The monoisotopic (exact) mass is 264 g/mol. The second kappa shape index (κ2) is 6.78. The molecule has 19 heavy (non-hydrogen) atoms. The molecule has 0 radical (unpaired) electrons. The Hall–Kier alpha value is -2.04. The maximum Gasteiger partial charge on any atom is 0.321 e. The molecule has 104 valence electrons. The first-order valence-corrected chi connectivity index (χ1v) is 6.23. The van der Waals surface area contributed by atoms with Crippen molar-refractivity contribution in [1.82, 2.24) is 5.32 Å². The lowest BCUT2D eigenvalue weighted by Gasteiger charge is -2.19. The Morgan fingerprint density at radius 2 is 2.11 bits per heavy atom. The van der Waals surface area contributed by atoms with Crippen LogP contribution in [-0.4, -0.2) is 30.7 Å². The van der Waals surface area contributed by atoms with Gasteiger partial charge in [-0.1, -0.05) is 19.1 Å². The van der Waals surface area contributed by atoms with E-state index >= 15 is 0 Å². The number of urea groups is 1. The van der Waals surface area contributed by atoms with Crippen LogP contribution >= 0.6 is 0 Å². The second-order valence-electron chi connectivity index (χ2n) is 4.66. The maximum atomic E-state index is 11.9. The number of aliphatic carboxylic acids is 1. The Balaban J connectivity index is 2.47. The van der Waals surface area contributed by atoms with Gasteiger partial charge in [0.1, 0.15) is 0 Å². The SMILES string of the molecule is Cc1cccc(N(C)C(=O)NCCC(C)C(=O)O)c1. The van der Waals surface area contributed by atoms with Gasteiger partial charge in [0, 0.05) is 19.3 Å². The summed E-state index contributed by atoms with van der Waals surface area (Å²) >= 11 is 0. The van der Waals surface area contributed by atoms with Crippen molar-refractivity contribution in [2.45, 2.75) is 20.3 Å². The highest BCUT2D eigenvalue weighted by atomic mass is 16.4. The molecule has 0 saturated heterocycles. The number of carbonyl (C=O) groups is 2. The van der Waals surface area contributed by atoms with Crippen molar-refractivity contribution in [3.8, 4) is 0 Å². The second-order valence-corrected chi connectivity index (χ2v) is 4.66. The number of amides is 2. The predicted molar refractivity (Wildman–Crippen MR) is 74.4 cm³/mol. The van der Waals surface area contributed by atoms with Crippen LogP contribution in [0.5, 0.6) is 0 Å². The summed E-state index contributed by atoms with van der Waals surface area (Å²) in [6, 6.07) is 7.39. The number of carbonyl (C=O) groups excluding carboxylic acids is 1. The molecule has 0 aliphatic rings. The van der Waals surface area contributed by atoms with E-state index in [4.69, 9.17) is 5.11 Å². The fourth-order valence-electron chi connectivity index (χ4n) is 1.59. The summed E-state index contributed by atoms with van der Waals surface area (Å²) in [7, 11) is 1.69. The molecule has 2 amide bonds. The van der Waals surface area contributed by atoms with Crippen molar-refractivity contribution < 1.29 is 14.7 Å². The molecule has 0 heterocycles. The van der Waals surface area contributed by atoms with Crippen LogP contribution in [0.3, 0.4) is 0 Å². The zero-order valence-corrected chi connectivity index (χ0v) is 11.5. The van der Waals surface area contributed by atoms with Crippen LogP contribution in [0.15, 0.2) is 24.3 Å².